The van der Waals surface area contributed by atoms with Gasteiger partial charge in [0.05, 0.1) is 7.11 Å². The van der Waals surface area contributed by atoms with Gasteiger partial charge >= 0.3 is 5.97 Å². The molecule has 1 atom stereocenters. The van der Waals surface area contributed by atoms with Gasteiger partial charge in [0, 0.05) is 13.5 Å². The van der Waals surface area contributed by atoms with Gasteiger partial charge in [-0.3, -0.25) is 4.79 Å². The van der Waals surface area contributed by atoms with E-state index in [-0.39, 0.29) is 18.3 Å². The van der Waals surface area contributed by atoms with Gasteiger partial charge in [0.1, 0.15) is 11.9 Å². The first-order valence-electron chi connectivity index (χ1n) is 6.33. The lowest BCUT2D eigenvalue weighted by molar-refractivity contribution is -0.144. The van der Waals surface area contributed by atoms with Crippen LogP contribution in [-0.4, -0.2) is 38.1 Å². The van der Waals surface area contributed by atoms with Crippen molar-refractivity contribution in [3.05, 3.63) is 35.6 Å². The number of hydrogen-bond acceptors (Lipinski definition) is 4. The Morgan fingerprint density at radius 2 is 2.05 bits per heavy atom. The summed E-state index contributed by atoms with van der Waals surface area (Å²) in [6.45, 7) is 2.06. The van der Waals surface area contributed by atoms with Gasteiger partial charge in [-0.15, -0.1) is 0 Å². The maximum atomic E-state index is 13.4. The zero-order valence-electron chi connectivity index (χ0n) is 11.6. The zero-order valence-corrected chi connectivity index (χ0v) is 11.6. The summed E-state index contributed by atoms with van der Waals surface area (Å²) in [6, 6.07) is 5.79. The standard InChI is InChI=1S/C14H19FN2O3/c1-10(18)17-13(14(19)20-2)9-16-8-7-11-5-3-4-6-12(11)15/h3-6,13,16H,7-9H2,1-2H3,(H,17,18). The molecule has 0 radical (unpaired) electrons. The normalized spacial score (nSPS) is 11.8. The lowest BCUT2D eigenvalue weighted by Crippen LogP contribution is -2.47. The summed E-state index contributed by atoms with van der Waals surface area (Å²) >= 11 is 0. The van der Waals surface area contributed by atoms with Crippen LogP contribution in [0.3, 0.4) is 0 Å². The first-order valence-corrected chi connectivity index (χ1v) is 6.33. The van der Waals surface area contributed by atoms with E-state index >= 15 is 0 Å². The number of carbonyl (C=O) groups is 2. The Kier molecular flexibility index (Phi) is 6.66. The van der Waals surface area contributed by atoms with E-state index in [1.807, 2.05) is 0 Å². The van der Waals surface area contributed by atoms with E-state index < -0.39 is 12.0 Å². The molecular formula is C14H19FN2O3. The molecule has 0 aliphatic carbocycles. The minimum absolute atomic E-state index is 0.237. The molecule has 1 rings (SSSR count). The van der Waals surface area contributed by atoms with Crippen LogP contribution in [0.2, 0.25) is 0 Å². The molecule has 0 saturated carbocycles. The molecule has 1 unspecified atom stereocenters. The Morgan fingerprint density at radius 3 is 2.65 bits per heavy atom. The number of esters is 1. The molecule has 5 nitrogen and oxygen atoms in total. The van der Waals surface area contributed by atoms with E-state index in [1.165, 1.54) is 20.1 Å². The van der Waals surface area contributed by atoms with Crippen LogP contribution in [0, 0.1) is 5.82 Å². The lowest BCUT2D eigenvalue weighted by atomic mass is 10.1. The lowest BCUT2D eigenvalue weighted by Gasteiger charge is -2.16. The van der Waals surface area contributed by atoms with Crippen LogP contribution in [0.1, 0.15) is 12.5 Å². The van der Waals surface area contributed by atoms with Crippen molar-refractivity contribution < 1.29 is 18.7 Å². The fourth-order valence-electron chi connectivity index (χ4n) is 1.75. The second kappa shape index (κ2) is 8.27. The molecular weight excluding hydrogens is 263 g/mol. The third-order valence-electron chi connectivity index (χ3n) is 2.74. The summed E-state index contributed by atoms with van der Waals surface area (Å²) in [7, 11) is 1.26. The third kappa shape index (κ3) is 5.36. The number of methoxy groups -OCH3 is 1. The van der Waals surface area contributed by atoms with Crippen LogP contribution in [0.4, 0.5) is 4.39 Å². The smallest absolute Gasteiger partial charge is 0.329 e. The highest BCUT2D eigenvalue weighted by atomic mass is 19.1. The van der Waals surface area contributed by atoms with Gasteiger partial charge in [0.15, 0.2) is 0 Å². The number of amides is 1. The van der Waals surface area contributed by atoms with E-state index in [0.29, 0.717) is 18.5 Å². The van der Waals surface area contributed by atoms with Gasteiger partial charge in [0.25, 0.3) is 0 Å². The molecule has 0 aliphatic rings. The molecule has 6 heteroatoms. The average Bonchev–Trinajstić information content (AvgIpc) is 2.42. The molecule has 1 aromatic carbocycles. The maximum Gasteiger partial charge on any atom is 0.329 e. The van der Waals surface area contributed by atoms with E-state index in [4.69, 9.17) is 0 Å². The maximum absolute atomic E-state index is 13.4. The Morgan fingerprint density at radius 1 is 1.35 bits per heavy atom. The van der Waals surface area contributed by atoms with Crippen molar-refractivity contribution in [2.75, 3.05) is 20.2 Å². The number of rotatable bonds is 7. The number of nitrogens with one attached hydrogen (secondary N) is 2. The van der Waals surface area contributed by atoms with Gasteiger partial charge in [-0.05, 0) is 24.6 Å². The summed E-state index contributed by atoms with van der Waals surface area (Å²) in [5, 5.41) is 5.49. The van der Waals surface area contributed by atoms with Crippen LogP contribution in [0.25, 0.3) is 0 Å². The van der Waals surface area contributed by atoms with Crippen molar-refractivity contribution in [2.24, 2.45) is 0 Å². The summed E-state index contributed by atoms with van der Waals surface area (Å²) in [5.41, 5.74) is 0.606. The zero-order chi connectivity index (χ0) is 15.0. The summed E-state index contributed by atoms with van der Waals surface area (Å²) < 4.78 is 18.0. The molecule has 0 bridgehead atoms. The van der Waals surface area contributed by atoms with E-state index in [9.17, 15) is 14.0 Å². The van der Waals surface area contributed by atoms with E-state index in [1.54, 1.807) is 18.2 Å². The first-order chi connectivity index (χ1) is 9.54. The topological polar surface area (TPSA) is 67.4 Å². The number of carbonyl (C=O) groups excluding carboxylic acids is 2. The summed E-state index contributed by atoms with van der Waals surface area (Å²) in [5.74, 6) is -1.07. The molecule has 0 saturated heterocycles. The van der Waals surface area contributed by atoms with Gasteiger partial charge in [0.2, 0.25) is 5.91 Å². The van der Waals surface area contributed by atoms with Crippen LogP contribution in [0.15, 0.2) is 24.3 Å². The molecule has 0 heterocycles. The highest BCUT2D eigenvalue weighted by Gasteiger charge is 2.19. The average molecular weight is 282 g/mol. The van der Waals surface area contributed by atoms with Crippen LogP contribution >= 0.6 is 0 Å². The van der Waals surface area contributed by atoms with E-state index in [2.05, 4.69) is 15.4 Å². The Balaban J connectivity index is 2.39. The second-order valence-corrected chi connectivity index (χ2v) is 4.32. The molecule has 1 amide bonds. The van der Waals surface area contributed by atoms with Gasteiger partial charge in [-0.2, -0.15) is 0 Å². The van der Waals surface area contributed by atoms with E-state index in [0.717, 1.165) is 0 Å². The van der Waals surface area contributed by atoms with Crippen LogP contribution < -0.4 is 10.6 Å². The molecule has 2 N–H and O–H groups in total. The first kappa shape index (κ1) is 16.1. The van der Waals surface area contributed by atoms with Gasteiger partial charge < -0.3 is 15.4 Å². The number of benzene rings is 1. The fourth-order valence-corrected chi connectivity index (χ4v) is 1.75. The SMILES string of the molecule is COC(=O)C(CNCCc1ccccc1F)NC(C)=O. The van der Waals surface area contributed by atoms with Crippen molar-refractivity contribution in [1.82, 2.24) is 10.6 Å². The summed E-state index contributed by atoms with van der Waals surface area (Å²) in [4.78, 5) is 22.4. The Labute approximate surface area is 117 Å². The minimum atomic E-state index is -0.738. The van der Waals surface area contributed by atoms with Gasteiger partial charge in [-0.1, -0.05) is 18.2 Å². The quantitative estimate of drug-likeness (QED) is 0.569. The second-order valence-electron chi connectivity index (χ2n) is 4.32. The molecule has 110 valence electrons. The van der Waals surface area contributed by atoms with Crippen molar-refractivity contribution in [3.8, 4) is 0 Å². The van der Waals surface area contributed by atoms with Crippen molar-refractivity contribution in [3.63, 3.8) is 0 Å². The van der Waals surface area contributed by atoms with Crippen LogP contribution in [0.5, 0.6) is 0 Å². The third-order valence-corrected chi connectivity index (χ3v) is 2.74. The predicted molar refractivity (Wildman–Crippen MR) is 72.6 cm³/mol. The molecule has 20 heavy (non-hydrogen) atoms. The molecule has 0 aliphatic heterocycles. The largest absolute Gasteiger partial charge is 0.467 e. The molecule has 0 fully saturated rings. The fraction of sp³-hybridized carbons (Fsp3) is 0.429. The minimum Gasteiger partial charge on any atom is -0.467 e. The highest BCUT2D eigenvalue weighted by Crippen LogP contribution is 2.06. The Bertz CT molecular complexity index is 465. The van der Waals surface area contributed by atoms with Crippen molar-refractivity contribution in [2.45, 2.75) is 19.4 Å². The highest BCUT2D eigenvalue weighted by molar-refractivity contribution is 5.83. The predicted octanol–water partition coefficient (Wildman–Crippen LogP) is 0.635. The molecule has 0 spiro atoms. The van der Waals surface area contributed by atoms with Crippen molar-refractivity contribution in [1.29, 1.82) is 0 Å². The molecule has 1 aromatic rings. The monoisotopic (exact) mass is 282 g/mol. The van der Waals surface area contributed by atoms with Crippen molar-refractivity contribution >= 4 is 11.9 Å². The number of halogens is 1. The number of ether oxygens (including phenoxy) is 1. The molecule has 0 aromatic heterocycles. The number of hydrogen-bond donors (Lipinski definition) is 2. The van der Waals surface area contributed by atoms with Crippen LogP contribution in [-0.2, 0) is 20.7 Å². The van der Waals surface area contributed by atoms with Gasteiger partial charge in [-0.25, -0.2) is 9.18 Å². The Hall–Kier alpha value is -1.95. The summed E-state index contributed by atoms with van der Waals surface area (Å²) in [6.07, 6.45) is 0.501.